The molecule has 0 aliphatic rings. The lowest BCUT2D eigenvalue weighted by Gasteiger charge is -2.19. The molecule has 0 spiro atoms. The number of carbonyl (C=O) groups is 1. The van der Waals surface area contributed by atoms with Gasteiger partial charge in [-0.3, -0.25) is 9.52 Å². The highest BCUT2D eigenvalue weighted by atomic mass is 32.2. The molecule has 12 heteroatoms. The van der Waals surface area contributed by atoms with E-state index in [-0.39, 0.29) is 22.0 Å². The number of nitrogens with one attached hydrogen (secondary N) is 2. The molecule has 2 N–H and O–H groups in total. The fourth-order valence-electron chi connectivity index (χ4n) is 3.30. The van der Waals surface area contributed by atoms with Crippen LogP contribution in [0.15, 0.2) is 70.2 Å². The van der Waals surface area contributed by atoms with E-state index in [2.05, 4.69) is 58.1 Å². The summed E-state index contributed by atoms with van der Waals surface area (Å²) in [5, 5.41) is 13.9. The van der Waals surface area contributed by atoms with Crippen LogP contribution in [0.4, 0.5) is 10.8 Å². The maximum absolute atomic E-state index is 12.5. The number of thiazole rings is 1. The SMILES string of the molecule is Cn1c(SCC(=O)Nc2ccc(S(=O)(=O)Nc3nccs3)cc2)nnc1-c1ccc(C(C)(C)C)cc1. The van der Waals surface area contributed by atoms with Crippen molar-refractivity contribution in [3.63, 3.8) is 0 Å². The molecule has 0 aliphatic carbocycles. The molecule has 36 heavy (non-hydrogen) atoms. The lowest BCUT2D eigenvalue weighted by Crippen LogP contribution is -2.15. The van der Waals surface area contributed by atoms with Crippen LogP contribution in [0.3, 0.4) is 0 Å². The average Bonchev–Trinajstić information content (AvgIpc) is 3.46. The topological polar surface area (TPSA) is 119 Å². The van der Waals surface area contributed by atoms with Crippen molar-refractivity contribution in [3.8, 4) is 11.4 Å². The number of carbonyl (C=O) groups excluding carboxylic acids is 1. The van der Waals surface area contributed by atoms with Crippen LogP contribution in [-0.4, -0.2) is 39.8 Å². The zero-order valence-electron chi connectivity index (χ0n) is 20.2. The quantitative estimate of drug-likeness (QED) is 0.308. The van der Waals surface area contributed by atoms with E-state index in [9.17, 15) is 13.2 Å². The smallest absolute Gasteiger partial charge is 0.263 e. The van der Waals surface area contributed by atoms with Crippen LogP contribution < -0.4 is 10.0 Å². The normalized spacial score (nSPS) is 11.9. The van der Waals surface area contributed by atoms with Crippen LogP contribution in [-0.2, 0) is 27.3 Å². The zero-order valence-corrected chi connectivity index (χ0v) is 22.7. The molecule has 2 heterocycles. The van der Waals surface area contributed by atoms with Crippen LogP contribution in [0.1, 0.15) is 26.3 Å². The molecular weight excluding hydrogens is 517 g/mol. The minimum atomic E-state index is -3.75. The van der Waals surface area contributed by atoms with Crippen LogP contribution in [0.5, 0.6) is 0 Å². The molecule has 9 nitrogen and oxygen atoms in total. The Morgan fingerprint density at radius 3 is 2.36 bits per heavy atom. The van der Waals surface area contributed by atoms with Gasteiger partial charge in [-0.05, 0) is 35.2 Å². The average molecular weight is 543 g/mol. The summed E-state index contributed by atoms with van der Waals surface area (Å²) < 4.78 is 29.2. The first-order valence-corrected chi connectivity index (χ1v) is 14.3. The van der Waals surface area contributed by atoms with E-state index in [1.54, 1.807) is 17.5 Å². The minimum Gasteiger partial charge on any atom is -0.325 e. The van der Waals surface area contributed by atoms with E-state index in [1.165, 1.54) is 47.0 Å². The molecule has 4 rings (SSSR count). The molecule has 0 radical (unpaired) electrons. The largest absolute Gasteiger partial charge is 0.325 e. The Hall–Kier alpha value is -3.22. The molecule has 188 valence electrons. The molecule has 0 atom stereocenters. The fraction of sp³-hybridized carbons (Fsp3) is 0.250. The fourth-order valence-corrected chi connectivity index (χ4v) is 5.80. The number of hydrogen-bond acceptors (Lipinski definition) is 8. The van der Waals surface area contributed by atoms with E-state index in [0.29, 0.717) is 16.0 Å². The second-order valence-electron chi connectivity index (χ2n) is 9.00. The number of rotatable bonds is 8. The van der Waals surface area contributed by atoms with Gasteiger partial charge in [-0.2, -0.15) is 0 Å². The summed E-state index contributed by atoms with van der Waals surface area (Å²) in [6.45, 7) is 6.51. The first kappa shape index (κ1) is 25.9. The summed E-state index contributed by atoms with van der Waals surface area (Å²) in [6, 6.07) is 14.2. The van der Waals surface area contributed by atoms with E-state index < -0.39 is 10.0 Å². The Balaban J connectivity index is 1.34. The Morgan fingerprint density at radius 1 is 1.06 bits per heavy atom. The van der Waals surface area contributed by atoms with Gasteiger partial charge in [-0.15, -0.1) is 21.5 Å². The number of nitrogens with zero attached hydrogens (tertiary/aromatic N) is 4. The van der Waals surface area contributed by atoms with E-state index in [4.69, 9.17) is 0 Å². The van der Waals surface area contributed by atoms with Gasteiger partial charge >= 0.3 is 0 Å². The number of hydrogen-bond donors (Lipinski definition) is 2. The van der Waals surface area contributed by atoms with Crippen LogP contribution >= 0.6 is 23.1 Å². The first-order valence-electron chi connectivity index (χ1n) is 11.0. The van der Waals surface area contributed by atoms with Crippen molar-refractivity contribution in [2.24, 2.45) is 7.05 Å². The molecule has 0 aliphatic heterocycles. The molecular formula is C24H26N6O3S3. The summed E-state index contributed by atoms with van der Waals surface area (Å²) in [6.07, 6.45) is 1.52. The molecule has 0 fully saturated rings. The lowest BCUT2D eigenvalue weighted by molar-refractivity contribution is -0.113. The summed E-state index contributed by atoms with van der Waals surface area (Å²) in [5.41, 5.74) is 2.75. The van der Waals surface area contributed by atoms with Crippen LogP contribution in [0.25, 0.3) is 11.4 Å². The highest BCUT2D eigenvalue weighted by Crippen LogP contribution is 2.27. The van der Waals surface area contributed by atoms with Crippen molar-refractivity contribution in [1.29, 1.82) is 0 Å². The van der Waals surface area contributed by atoms with Crippen molar-refractivity contribution in [2.75, 3.05) is 15.8 Å². The van der Waals surface area contributed by atoms with Gasteiger partial charge in [0.15, 0.2) is 16.1 Å². The third kappa shape index (κ3) is 6.12. The Kier molecular flexibility index (Phi) is 7.48. The van der Waals surface area contributed by atoms with E-state index >= 15 is 0 Å². The maximum Gasteiger partial charge on any atom is 0.263 e. The molecule has 2 aromatic carbocycles. The van der Waals surface area contributed by atoms with Crippen molar-refractivity contribution < 1.29 is 13.2 Å². The number of thioether (sulfide) groups is 1. The molecule has 1 amide bonds. The summed E-state index contributed by atoms with van der Waals surface area (Å²) >= 11 is 2.46. The molecule has 0 saturated carbocycles. The Morgan fingerprint density at radius 2 is 1.75 bits per heavy atom. The third-order valence-electron chi connectivity index (χ3n) is 5.28. The van der Waals surface area contributed by atoms with Gasteiger partial charge in [0.2, 0.25) is 5.91 Å². The molecule has 0 saturated heterocycles. The maximum atomic E-state index is 12.5. The van der Waals surface area contributed by atoms with Crippen molar-refractivity contribution in [3.05, 3.63) is 65.7 Å². The molecule has 0 bridgehead atoms. The second kappa shape index (κ2) is 10.4. The van der Waals surface area contributed by atoms with Crippen molar-refractivity contribution in [1.82, 2.24) is 19.7 Å². The Labute approximate surface area is 218 Å². The predicted octanol–water partition coefficient (Wildman–Crippen LogP) is 4.77. The molecule has 0 unspecified atom stereocenters. The third-order valence-corrected chi connectivity index (χ3v) is 8.47. The number of benzene rings is 2. The summed E-state index contributed by atoms with van der Waals surface area (Å²) in [4.78, 5) is 16.5. The van der Waals surface area contributed by atoms with E-state index in [1.807, 2.05) is 23.7 Å². The van der Waals surface area contributed by atoms with Gasteiger partial charge in [0.1, 0.15) is 0 Å². The van der Waals surface area contributed by atoms with Crippen LogP contribution in [0.2, 0.25) is 0 Å². The van der Waals surface area contributed by atoms with Crippen molar-refractivity contribution >= 4 is 49.8 Å². The number of amides is 1. The monoisotopic (exact) mass is 542 g/mol. The lowest BCUT2D eigenvalue weighted by atomic mass is 9.87. The summed E-state index contributed by atoms with van der Waals surface area (Å²) in [7, 11) is -1.88. The second-order valence-corrected chi connectivity index (χ2v) is 12.5. The van der Waals surface area contributed by atoms with Gasteiger partial charge in [0, 0.05) is 29.9 Å². The number of anilines is 2. The number of aromatic nitrogens is 4. The minimum absolute atomic E-state index is 0.0693. The zero-order chi connectivity index (χ0) is 25.9. The van der Waals surface area contributed by atoms with Gasteiger partial charge in [0.25, 0.3) is 10.0 Å². The van der Waals surface area contributed by atoms with Gasteiger partial charge in [0.05, 0.1) is 10.6 Å². The van der Waals surface area contributed by atoms with E-state index in [0.717, 1.165) is 11.4 Å². The highest BCUT2D eigenvalue weighted by molar-refractivity contribution is 7.99. The number of sulfonamides is 1. The van der Waals surface area contributed by atoms with Gasteiger partial charge in [-0.1, -0.05) is 56.8 Å². The highest BCUT2D eigenvalue weighted by Gasteiger charge is 2.17. The Bertz CT molecular complexity index is 1440. The van der Waals surface area contributed by atoms with Gasteiger partial charge in [-0.25, -0.2) is 13.4 Å². The first-order chi connectivity index (χ1) is 17.0. The standard InChI is InChI=1S/C24H26N6O3S3/c1-24(2,3)17-7-5-16(6-8-17)21-27-28-23(30(21)4)35-15-20(31)26-18-9-11-19(12-10-18)36(32,33)29-22-25-13-14-34-22/h5-14H,15H2,1-4H3,(H,25,29)(H,26,31). The van der Waals surface area contributed by atoms with Crippen LogP contribution in [0, 0.1) is 0 Å². The molecule has 2 aromatic heterocycles. The van der Waals surface area contributed by atoms with Gasteiger partial charge < -0.3 is 9.88 Å². The summed E-state index contributed by atoms with van der Waals surface area (Å²) in [5.74, 6) is 0.609. The molecule has 4 aromatic rings. The predicted molar refractivity (Wildman–Crippen MR) is 144 cm³/mol. The van der Waals surface area contributed by atoms with Crippen molar-refractivity contribution in [2.45, 2.75) is 36.2 Å².